The van der Waals surface area contributed by atoms with Crippen LogP contribution >= 0.6 is 11.6 Å². The number of carbonyl (C=O) groups is 2. The number of anilines is 1. The van der Waals surface area contributed by atoms with Crippen molar-refractivity contribution < 1.29 is 9.59 Å². The lowest BCUT2D eigenvalue weighted by Crippen LogP contribution is -2.43. The number of hydrogen-bond acceptors (Lipinski definition) is 3. The number of rotatable bonds is 2. The fraction of sp³-hybridized carbons (Fsp3) is 0.222. The van der Waals surface area contributed by atoms with E-state index >= 15 is 0 Å². The van der Waals surface area contributed by atoms with Crippen LogP contribution in [0, 0.1) is 0 Å². The summed E-state index contributed by atoms with van der Waals surface area (Å²) in [5.74, 6) is -0.943. The van der Waals surface area contributed by atoms with Crippen LogP contribution in [0.5, 0.6) is 0 Å². The Morgan fingerprint density at radius 2 is 1.83 bits per heavy atom. The summed E-state index contributed by atoms with van der Waals surface area (Å²) in [6.07, 6.45) is 0.958. The SMILES string of the molecule is O=C1C(=O)N(CN2CCc3ccccc3C2)c2ccc(Cl)cc21. The second-order valence-corrected chi connectivity index (χ2v) is 6.37. The highest BCUT2D eigenvalue weighted by molar-refractivity contribution is 6.52. The van der Waals surface area contributed by atoms with Crippen LogP contribution in [0.3, 0.4) is 0 Å². The summed E-state index contributed by atoms with van der Waals surface area (Å²) in [7, 11) is 0. The maximum atomic E-state index is 12.3. The Labute approximate surface area is 139 Å². The lowest BCUT2D eigenvalue weighted by Gasteiger charge is -2.32. The number of nitrogens with zero attached hydrogens (tertiary/aromatic N) is 2. The first kappa shape index (κ1) is 14.4. The van der Waals surface area contributed by atoms with E-state index in [1.807, 2.05) is 6.07 Å². The Morgan fingerprint density at radius 1 is 1.04 bits per heavy atom. The third-order valence-corrected chi connectivity index (χ3v) is 4.72. The van der Waals surface area contributed by atoms with Crippen molar-refractivity contribution in [2.45, 2.75) is 13.0 Å². The standard InChI is InChI=1S/C18H15ClN2O2/c19-14-5-6-16-15(9-14)17(22)18(23)21(16)11-20-8-7-12-3-1-2-4-13(12)10-20/h1-6,9H,7-8,10-11H2. The van der Waals surface area contributed by atoms with Gasteiger partial charge in [-0.15, -0.1) is 0 Å². The summed E-state index contributed by atoms with van der Waals surface area (Å²) < 4.78 is 0. The van der Waals surface area contributed by atoms with Crippen LogP contribution in [0.25, 0.3) is 0 Å². The number of carbonyl (C=O) groups excluding carboxylic acids is 2. The molecule has 2 aliphatic heterocycles. The zero-order valence-corrected chi connectivity index (χ0v) is 13.2. The fourth-order valence-corrected chi connectivity index (χ4v) is 3.46. The van der Waals surface area contributed by atoms with Gasteiger partial charge in [-0.25, -0.2) is 0 Å². The number of hydrogen-bond donors (Lipinski definition) is 0. The molecule has 0 unspecified atom stereocenters. The first-order valence-electron chi connectivity index (χ1n) is 7.58. The second-order valence-electron chi connectivity index (χ2n) is 5.94. The molecule has 2 aromatic carbocycles. The molecule has 4 nitrogen and oxygen atoms in total. The molecular weight excluding hydrogens is 312 g/mol. The molecule has 0 aliphatic carbocycles. The number of amides is 1. The van der Waals surface area contributed by atoms with Gasteiger partial charge < -0.3 is 0 Å². The molecule has 2 aliphatic rings. The normalized spacial score (nSPS) is 17.3. The number of ketones is 1. The van der Waals surface area contributed by atoms with Gasteiger partial charge in [-0.3, -0.25) is 19.4 Å². The molecule has 0 aromatic heterocycles. The Hall–Kier alpha value is -2.17. The summed E-state index contributed by atoms with van der Waals surface area (Å²) in [4.78, 5) is 28.2. The molecular formula is C18H15ClN2O2. The molecule has 0 radical (unpaired) electrons. The summed E-state index contributed by atoms with van der Waals surface area (Å²) >= 11 is 5.94. The minimum absolute atomic E-state index is 0.403. The molecule has 2 aromatic rings. The van der Waals surface area contributed by atoms with Gasteiger partial charge >= 0.3 is 5.91 Å². The molecule has 4 rings (SSSR count). The van der Waals surface area contributed by atoms with E-state index < -0.39 is 11.7 Å². The molecule has 0 spiro atoms. The largest absolute Gasteiger partial charge is 0.300 e. The molecule has 0 N–H and O–H groups in total. The van der Waals surface area contributed by atoms with Crippen molar-refractivity contribution in [1.29, 1.82) is 0 Å². The average molecular weight is 327 g/mol. The van der Waals surface area contributed by atoms with Gasteiger partial charge in [0.25, 0.3) is 5.78 Å². The lowest BCUT2D eigenvalue weighted by molar-refractivity contribution is -0.114. The van der Waals surface area contributed by atoms with E-state index in [1.165, 1.54) is 11.1 Å². The van der Waals surface area contributed by atoms with Crippen LogP contribution in [0.1, 0.15) is 21.5 Å². The van der Waals surface area contributed by atoms with Crippen LogP contribution in [-0.2, 0) is 17.8 Å². The van der Waals surface area contributed by atoms with Crippen molar-refractivity contribution in [1.82, 2.24) is 4.90 Å². The molecule has 2 heterocycles. The predicted octanol–water partition coefficient (Wildman–Crippen LogP) is 2.89. The van der Waals surface area contributed by atoms with Crippen molar-refractivity contribution in [3.05, 3.63) is 64.2 Å². The van der Waals surface area contributed by atoms with Crippen molar-refractivity contribution in [2.75, 3.05) is 18.1 Å². The molecule has 23 heavy (non-hydrogen) atoms. The van der Waals surface area contributed by atoms with Gasteiger partial charge in [0.2, 0.25) is 0 Å². The Balaban J connectivity index is 1.59. The molecule has 5 heteroatoms. The van der Waals surface area contributed by atoms with Gasteiger partial charge in [0.05, 0.1) is 17.9 Å². The Kier molecular flexibility index (Phi) is 3.43. The lowest BCUT2D eigenvalue weighted by atomic mass is 10.0. The van der Waals surface area contributed by atoms with Crippen LogP contribution in [-0.4, -0.2) is 29.8 Å². The predicted molar refractivity (Wildman–Crippen MR) is 88.7 cm³/mol. The third kappa shape index (κ3) is 2.44. The van der Waals surface area contributed by atoms with Crippen LogP contribution < -0.4 is 4.90 Å². The molecule has 0 saturated heterocycles. The number of halogens is 1. The van der Waals surface area contributed by atoms with Gasteiger partial charge in [0.1, 0.15) is 0 Å². The highest BCUT2D eigenvalue weighted by Gasteiger charge is 2.37. The second kappa shape index (κ2) is 5.48. The zero-order valence-electron chi connectivity index (χ0n) is 12.5. The first-order valence-corrected chi connectivity index (χ1v) is 7.96. The maximum absolute atomic E-state index is 12.3. The molecule has 0 saturated carbocycles. The maximum Gasteiger partial charge on any atom is 0.300 e. The molecule has 0 fully saturated rings. The summed E-state index contributed by atoms with van der Waals surface area (Å²) in [6, 6.07) is 13.4. The van der Waals surface area contributed by atoms with E-state index in [9.17, 15) is 9.59 Å². The van der Waals surface area contributed by atoms with Crippen molar-refractivity contribution in [3.63, 3.8) is 0 Å². The van der Waals surface area contributed by atoms with Gasteiger partial charge in [-0.2, -0.15) is 0 Å². The van der Waals surface area contributed by atoms with E-state index in [-0.39, 0.29) is 0 Å². The Morgan fingerprint density at radius 3 is 2.65 bits per heavy atom. The van der Waals surface area contributed by atoms with Gasteiger partial charge in [-0.1, -0.05) is 35.9 Å². The van der Waals surface area contributed by atoms with E-state index in [2.05, 4.69) is 23.1 Å². The van der Waals surface area contributed by atoms with Crippen LogP contribution in [0.4, 0.5) is 5.69 Å². The first-order chi connectivity index (χ1) is 11.1. The van der Waals surface area contributed by atoms with Crippen molar-refractivity contribution in [2.24, 2.45) is 0 Å². The fourth-order valence-electron chi connectivity index (χ4n) is 3.29. The topological polar surface area (TPSA) is 40.6 Å². The van der Waals surface area contributed by atoms with Crippen LogP contribution in [0.15, 0.2) is 42.5 Å². The van der Waals surface area contributed by atoms with E-state index in [0.29, 0.717) is 22.9 Å². The van der Waals surface area contributed by atoms with Gasteiger partial charge in [0.15, 0.2) is 0 Å². The zero-order chi connectivity index (χ0) is 16.0. The minimum Gasteiger partial charge on any atom is -0.291 e. The Bertz CT molecular complexity index is 818. The highest BCUT2D eigenvalue weighted by atomic mass is 35.5. The number of benzene rings is 2. The monoisotopic (exact) mass is 326 g/mol. The number of fused-ring (bicyclic) bond motifs is 2. The van der Waals surface area contributed by atoms with Gasteiger partial charge in [-0.05, 0) is 35.7 Å². The molecule has 116 valence electrons. The van der Waals surface area contributed by atoms with E-state index in [0.717, 1.165) is 19.5 Å². The van der Waals surface area contributed by atoms with E-state index in [1.54, 1.807) is 23.1 Å². The molecule has 1 amide bonds. The van der Waals surface area contributed by atoms with Gasteiger partial charge in [0, 0.05) is 18.1 Å². The summed E-state index contributed by atoms with van der Waals surface area (Å²) in [6.45, 7) is 2.09. The summed E-state index contributed by atoms with van der Waals surface area (Å²) in [5.41, 5.74) is 3.70. The minimum atomic E-state index is -0.472. The van der Waals surface area contributed by atoms with Crippen LogP contribution in [0.2, 0.25) is 5.02 Å². The highest BCUT2D eigenvalue weighted by Crippen LogP contribution is 2.32. The smallest absolute Gasteiger partial charge is 0.291 e. The van der Waals surface area contributed by atoms with Crippen molar-refractivity contribution in [3.8, 4) is 0 Å². The molecule has 0 bridgehead atoms. The number of Topliss-reactive ketones (excluding diaryl/α,β-unsaturated/α-hetero) is 1. The third-order valence-electron chi connectivity index (χ3n) is 4.48. The quantitative estimate of drug-likeness (QED) is 0.797. The molecule has 0 atom stereocenters. The summed E-state index contributed by atoms with van der Waals surface area (Å²) in [5, 5.41) is 0.471. The average Bonchev–Trinajstić information content (AvgIpc) is 2.79. The van der Waals surface area contributed by atoms with E-state index in [4.69, 9.17) is 11.6 Å². The van der Waals surface area contributed by atoms with Crippen molar-refractivity contribution >= 4 is 29.0 Å².